The van der Waals surface area contributed by atoms with Crippen LogP contribution in [0, 0.1) is 22.7 Å². The fourth-order valence-electron chi connectivity index (χ4n) is 2.05. The van der Waals surface area contributed by atoms with Gasteiger partial charge in [-0.05, 0) is 12.8 Å². The Kier molecular flexibility index (Phi) is 4.22. The van der Waals surface area contributed by atoms with E-state index in [0.29, 0.717) is 43.4 Å². The van der Waals surface area contributed by atoms with Crippen LogP contribution in [-0.2, 0) is 11.3 Å². The fraction of sp³-hybridized carbons (Fsp3) is 0.583. The van der Waals surface area contributed by atoms with Gasteiger partial charge in [0.25, 0.3) is 0 Å². The first-order valence-electron chi connectivity index (χ1n) is 6.24. The van der Waals surface area contributed by atoms with Gasteiger partial charge in [-0.1, -0.05) is 0 Å². The van der Waals surface area contributed by atoms with Crippen molar-refractivity contribution in [1.82, 2.24) is 9.78 Å². The number of rotatable bonds is 4. The zero-order valence-corrected chi connectivity index (χ0v) is 10.6. The monoisotopic (exact) mass is 260 g/mol. The SMILES string of the molecule is N#CCCn1nc(NC2CCOCC2)c(C#N)c1N. The molecule has 0 bridgehead atoms. The van der Waals surface area contributed by atoms with Crippen LogP contribution in [0.15, 0.2) is 0 Å². The molecule has 2 heterocycles. The van der Waals surface area contributed by atoms with E-state index in [1.807, 2.05) is 6.07 Å². The number of hydrogen-bond acceptors (Lipinski definition) is 6. The molecule has 1 saturated heterocycles. The number of nitrogens with two attached hydrogens (primary N) is 1. The average Bonchev–Trinajstić information content (AvgIpc) is 2.73. The van der Waals surface area contributed by atoms with Gasteiger partial charge in [0.2, 0.25) is 0 Å². The van der Waals surface area contributed by atoms with Crippen molar-refractivity contribution in [2.24, 2.45) is 0 Å². The number of nitrogen functional groups attached to an aromatic ring is 1. The lowest BCUT2D eigenvalue weighted by molar-refractivity contribution is 0.0903. The number of hydrogen-bond donors (Lipinski definition) is 2. The Hall–Kier alpha value is -2.25. The van der Waals surface area contributed by atoms with Crippen LogP contribution in [0.5, 0.6) is 0 Å². The third kappa shape index (κ3) is 2.95. The molecule has 19 heavy (non-hydrogen) atoms. The molecular formula is C12H16N6O. The number of ether oxygens (including phenoxy) is 1. The summed E-state index contributed by atoms with van der Waals surface area (Å²) in [5.41, 5.74) is 6.22. The first-order chi connectivity index (χ1) is 9.26. The summed E-state index contributed by atoms with van der Waals surface area (Å²) in [6, 6.07) is 4.35. The summed E-state index contributed by atoms with van der Waals surface area (Å²) in [4.78, 5) is 0. The molecule has 1 fully saturated rings. The zero-order valence-electron chi connectivity index (χ0n) is 10.6. The van der Waals surface area contributed by atoms with Gasteiger partial charge in [0.1, 0.15) is 17.5 Å². The standard InChI is InChI=1S/C12H16N6O/c13-4-1-5-18-11(15)10(8-14)12(17-18)16-9-2-6-19-7-3-9/h9H,1-3,5-7,15H2,(H,16,17). The molecule has 100 valence electrons. The zero-order chi connectivity index (χ0) is 13.7. The van der Waals surface area contributed by atoms with Crippen LogP contribution < -0.4 is 11.1 Å². The second-order valence-corrected chi connectivity index (χ2v) is 4.38. The van der Waals surface area contributed by atoms with E-state index in [2.05, 4.69) is 16.5 Å². The maximum Gasteiger partial charge on any atom is 0.168 e. The number of nitriles is 2. The van der Waals surface area contributed by atoms with Gasteiger partial charge >= 0.3 is 0 Å². The lowest BCUT2D eigenvalue weighted by Crippen LogP contribution is -2.28. The molecule has 0 aliphatic carbocycles. The Labute approximate surface area is 111 Å². The van der Waals surface area contributed by atoms with Crippen LogP contribution in [0.2, 0.25) is 0 Å². The number of nitrogens with zero attached hydrogens (tertiary/aromatic N) is 4. The summed E-state index contributed by atoms with van der Waals surface area (Å²) < 4.78 is 6.79. The molecule has 0 atom stereocenters. The van der Waals surface area contributed by atoms with Crippen molar-refractivity contribution in [3.05, 3.63) is 5.56 Å². The smallest absolute Gasteiger partial charge is 0.168 e. The lowest BCUT2D eigenvalue weighted by atomic mass is 10.1. The van der Waals surface area contributed by atoms with Crippen LogP contribution >= 0.6 is 0 Å². The molecule has 1 aliphatic rings. The molecule has 7 heteroatoms. The van der Waals surface area contributed by atoms with Crippen molar-refractivity contribution < 1.29 is 4.74 Å². The van der Waals surface area contributed by atoms with E-state index in [1.165, 1.54) is 4.68 Å². The second-order valence-electron chi connectivity index (χ2n) is 4.38. The van der Waals surface area contributed by atoms with Crippen LogP contribution in [-0.4, -0.2) is 29.0 Å². The quantitative estimate of drug-likeness (QED) is 0.829. The van der Waals surface area contributed by atoms with Crippen molar-refractivity contribution in [2.45, 2.75) is 31.8 Å². The Morgan fingerprint density at radius 3 is 2.79 bits per heavy atom. The molecule has 0 amide bonds. The van der Waals surface area contributed by atoms with E-state index in [4.69, 9.17) is 21.0 Å². The fourth-order valence-corrected chi connectivity index (χ4v) is 2.05. The number of aromatic nitrogens is 2. The van der Waals surface area contributed by atoms with Gasteiger partial charge in [-0.25, -0.2) is 4.68 Å². The van der Waals surface area contributed by atoms with E-state index in [0.717, 1.165) is 12.8 Å². The largest absolute Gasteiger partial charge is 0.383 e. The number of nitrogens with one attached hydrogen (secondary N) is 1. The van der Waals surface area contributed by atoms with Crippen LogP contribution in [0.4, 0.5) is 11.6 Å². The van der Waals surface area contributed by atoms with E-state index in [9.17, 15) is 0 Å². The molecule has 2 rings (SSSR count). The maximum atomic E-state index is 9.15. The summed E-state index contributed by atoms with van der Waals surface area (Å²) in [6.07, 6.45) is 2.08. The van der Waals surface area contributed by atoms with Gasteiger partial charge in [-0.2, -0.15) is 15.6 Å². The summed E-state index contributed by atoms with van der Waals surface area (Å²) >= 11 is 0. The molecule has 1 aromatic rings. The Morgan fingerprint density at radius 2 is 2.16 bits per heavy atom. The van der Waals surface area contributed by atoms with Crippen LogP contribution in [0.1, 0.15) is 24.8 Å². The summed E-state index contributed by atoms with van der Waals surface area (Å²) in [7, 11) is 0. The van der Waals surface area contributed by atoms with Gasteiger partial charge < -0.3 is 15.8 Å². The highest BCUT2D eigenvalue weighted by molar-refractivity contribution is 5.64. The van der Waals surface area contributed by atoms with Crippen LogP contribution in [0.25, 0.3) is 0 Å². The Morgan fingerprint density at radius 1 is 1.42 bits per heavy atom. The van der Waals surface area contributed by atoms with E-state index in [1.54, 1.807) is 0 Å². The maximum absolute atomic E-state index is 9.15. The Balaban J connectivity index is 2.15. The number of aryl methyl sites for hydroxylation is 1. The van der Waals surface area contributed by atoms with Gasteiger partial charge in [0.05, 0.1) is 19.0 Å². The Bertz CT molecular complexity index is 518. The predicted molar refractivity (Wildman–Crippen MR) is 69.0 cm³/mol. The second kappa shape index (κ2) is 6.07. The molecule has 1 aliphatic heterocycles. The highest BCUT2D eigenvalue weighted by atomic mass is 16.5. The topological polar surface area (TPSA) is 113 Å². The molecule has 1 aromatic heterocycles. The third-order valence-corrected chi connectivity index (χ3v) is 3.10. The van der Waals surface area contributed by atoms with Crippen LogP contribution in [0.3, 0.4) is 0 Å². The van der Waals surface area contributed by atoms with Crippen molar-refractivity contribution in [3.8, 4) is 12.1 Å². The molecule has 0 saturated carbocycles. The molecule has 7 nitrogen and oxygen atoms in total. The molecular weight excluding hydrogens is 244 g/mol. The molecule has 0 unspecified atom stereocenters. The van der Waals surface area contributed by atoms with Crippen molar-refractivity contribution >= 4 is 11.6 Å². The van der Waals surface area contributed by atoms with E-state index < -0.39 is 0 Å². The summed E-state index contributed by atoms with van der Waals surface area (Å²) in [5.74, 6) is 0.817. The predicted octanol–water partition coefficient (Wildman–Crippen LogP) is 0.842. The summed E-state index contributed by atoms with van der Waals surface area (Å²) in [5, 5.41) is 25.3. The van der Waals surface area contributed by atoms with Gasteiger partial charge in [-0.15, -0.1) is 0 Å². The van der Waals surface area contributed by atoms with Crippen molar-refractivity contribution in [2.75, 3.05) is 24.3 Å². The van der Waals surface area contributed by atoms with Crippen molar-refractivity contribution in [1.29, 1.82) is 10.5 Å². The number of anilines is 2. The summed E-state index contributed by atoms with van der Waals surface area (Å²) in [6.45, 7) is 1.82. The lowest BCUT2D eigenvalue weighted by Gasteiger charge is -2.22. The minimum Gasteiger partial charge on any atom is -0.383 e. The normalized spacial score (nSPS) is 15.7. The van der Waals surface area contributed by atoms with Gasteiger partial charge in [0, 0.05) is 19.3 Å². The van der Waals surface area contributed by atoms with E-state index in [-0.39, 0.29) is 6.04 Å². The third-order valence-electron chi connectivity index (χ3n) is 3.10. The molecule has 0 radical (unpaired) electrons. The first-order valence-corrected chi connectivity index (χ1v) is 6.24. The highest BCUT2D eigenvalue weighted by Crippen LogP contribution is 2.23. The minimum atomic E-state index is 0.250. The molecule has 0 aromatic carbocycles. The van der Waals surface area contributed by atoms with Gasteiger partial charge in [0.15, 0.2) is 5.82 Å². The highest BCUT2D eigenvalue weighted by Gasteiger charge is 2.20. The first kappa shape index (κ1) is 13.2. The van der Waals surface area contributed by atoms with Crippen molar-refractivity contribution in [3.63, 3.8) is 0 Å². The average molecular weight is 260 g/mol. The molecule has 3 N–H and O–H groups in total. The van der Waals surface area contributed by atoms with Gasteiger partial charge in [-0.3, -0.25) is 0 Å². The minimum absolute atomic E-state index is 0.250. The molecule has 0 spiro atoms. The van der Waals surface area contributed by atoms with E-state index >= 15 is 0 Å².